The van der Waals surface area contributed by atoms with Crippen LogP contribution in [0.4, 0.5) is 5.69 Å². The summed E-state index contributed by atoms with van der Waals surface area (Å²) >= 11 is 0. The van der Waals surface area contributed by atoms with E-state index in [1.807, 2.05) is 37.3 Å². The smallest absolute Gasteiger partial charge is 0.311 e. The van der Waals surface area contributed by atoms with Crippen LogP contribution in [0.2, 0.25) is 0 Å². The number of carbonyl (C=O) groups is 3. The molecule has 1 fully saturated rings. The lowest BCUT2D eigenvalue weighted by Gasteiger charge is -2.18. The topological polar surface area (TPSA) is 76.2 Å². The third kappa shape index (κ3) is 5.37. The summed E-state index contributed by atoms with van der Waals surface area (Å²) in [6, 6.07) is 16.7. The molecule has 158 valence electrons. The van der Waals surface area contributed by atoms with Crippen LogP contribution in [0.1, 0.15) is 18.9 Å². The number of ether oxygens (including phenoxy) is 2. The van der Waals surface area contributed by atoms with Gasteiger partial charge in [0.15, 0.2) is 6.61 Å². The molecule has 0 radical (unpaired) electrons. The maximum absolute atomic E-state index is 12.4. The van der Waals surface area contributed by atoms with Crippen molar-refractivity contribution >= 4 is 23.5 Å². The number of rotatable bonds is 8. The van der Waals surface area contributed by atoms with E-state index < -0.39 is 11.9 Å². The van der Waals surface area contributed by atoms with Gasteiger partial charge in [-0.05, 0) is 36.8 Å². The first-order valence-corrected chi connectivity index (χ1v) is 9.95. The molecule has 2 aromatic rings. The van der Waals surface area contributed by atoms with Crippen LogP contribution in [0.3, 0.4) is 0 Å². The van der Waals surface area contributed by atoms with E-state index in [0.29, 0.717) is 18.8 Å². The number of hydrogen-bond donors (Lipinski definition) is 0. The first-order chi connectivity index (χ1) is 14.5. The molecule has 1 atom stereocenters. The third-order valence-electron chi connectivity index (χ3n) is 4.94. The second-order valence-electron chi connectivity index (χ2n) is 7.18. The molecule has 7 nitrogen and oxygen atoms in total. The quantitative estimate of drug-likeness (QED) is 0.626. The van der Waals surface area contributed by atoms with Gasteiger partial charge in [-0.3, -0.25) is 14.4 Å². The Labute approximate surface area is 176 Å². The van der Waals surface area contributed by atoms with E-state index in [-0.39, 0.29) is 31.4 Å². The summed E-state index contributed by atoms with van der Waals surface area (Å²) in [5.41, 5.74) is 1.70. The van der Waals surface area contributed by atoms with Gasteiger partial charge in [-0.25, -0.2) is 0 Å². The Balaban J connectivity index is 1.50. The number of carbonyl (C=O) groups excluding carboxylic acids is 3. The number of esters is 1. The van der Waals surface area contributed by atoms with Crippen molar-refractivity contribution in [3.05, 3.63) is 60.2 Å². The van der Waals surface area contributed by atoms with Crippen LogP contribution in [0.15, 0.2) is 54.6 Å². The van der Waals surface area contributed by atoms with Crippen molar-refractivity contribution in [3.63, 3.8) is 0 Å². The van der Waals surface area contributed by atoms with E-state index in [2.05, 4.69) is 0 Å². The van der Waals surface area contributed by atoms with E-state index in [9.17, 15) is 14.4 Å². The third-order valence-corrected chi connectivity index (χ3v) is 4.94. The van der Waals surface area contributed by atoms with Crippen molar-refractivity contribution < 1.29 is 23.9 Å². The van der Waals surface area contributed by atoms with Crippen LogP contribution in [-0.2, 0) is 25.7 Å². The van der Waals surface area contributed by atoms with Gasteiger partial charge in [0, 0.05) is 32.2 Å². The fourth-order valence-electron chi connectivity index (χ4n) is 3.31. The van der Waals surface area contributed by atoms with Gasteiger partial charge in [-0.2, -0.15) is 0 Å². The summed E-state index contributed by atoms with van der Waals surface area (Å²) in [6.07, 6.45) is 0.0695. The molecule has 3 rings (SSSR count). The molecule has 0 spiro atoms. The Morgan fingerprint density at radius 3 is 2.47 bits per heavy atom. The number of likely N-dealkylation sites (N-methyl/N-ethyl adjacent to an activating group) is 1. The largest absolute Gasteiger partial charge is 0.494 e. The molecule has 7 heteroatoms. The fourth-order valence-corrected chi connectivity index (χ4v) is 3.31. The summed E-state index contributed by atoms with van der Waals surface area (Å²) in [4.78, 5) is 40.1. The Bertz CT molecular complexity index is 882. The predicted octanol–water partition coefficient (Wildman–Crippen LogP) is 2.64. The van der Waals surface area contributed by atoms with Gasteiger partial charge in [-0.15, -0.1) is 0 Å². The average molecular weight is 410 g/mol. The molecule has 1 aliphatic heterocycles. The zero-order valence-electron chi connectivity index (χ0n) is 17.2. The van der Waals surface area contributed by atoms with Crippen LogP contribution in [-0.4, -0.2) is 49.5 Å². The Kier molecular flexibility index (Phi) is 7.06. The Morgan fingerprint density at radius 1 is 1.10 bits per heavy atom. The number of hydrogen-bond acceptors (Lipinski definition) is 5. The number of nitrogens with zero attached hydrogens (tertiary/aromatic N) is 2. The van der Waals surface area contributed by atoms with Crippen molar-refractivity contribution in [2.45, 2.75) is 19.9 Å². The highest BCUT2D eigenvalue weighted by Gasteiger charge is 2.36. The monoisotopic (exact) mass is 410 g/mol. The highest BCUT2D eigenvalue weighted by atomic mass is 16.5. The lowest BCUT2D eigenvalue weighted by atomic mass is 10.1. The summed E-state index contributed by atoms with van der Waals surface area (Å²) < 4.78 is 10.6. The lowest BCUT2D eigenvalue weighted by molar-refractivity contribution is -0.155. The van der Waals surface area contributed by atoms with Crippen molar-refractivity contribution in [2.24, 2.45) is 5.92 Å². The van der Waals surface area contributed by atoms with E-state index in [4.69, 9.17) is 9.47 Å². The van der Waals surface area contributed by atoms with E-state index >= 15 is 0 Å². The van der Waals surface area contributed by atoms with E-state index in [1.54, 1.807) is 36.2 Å². The van der Waals surface area contributed by atoms with Gasteiger partial charge in [0.05, 0.1) is 12.5 Å². The molecule has 0 bridgehead atoms. The lowest BCUT2D eigenvalue weighted by Crippen LogP contribution is -2.32. The molecule has 0 N–H and O–H groups in total. The standard InChI is InChI=1S/C23H26N2O5/c1-3-29-20-11-9-19(10-12-20)25-15-18(13-21(25)26)23(28)30-16-22(27)24(2)14-17-7-5-4-6-8-17/h4-12,18H,3,13-16H2,1-2H3. The SMILES string of the molecule is CCOc1ccc(N2CC(C(=O)OCC(=O)N(C)Cc3ccccc3)CC2=O)cc1. The van der Waals surface area contributed by atoms with Gasteiger partial charge in [0.2, 0.25) is 5.91 Å². The average Bonchev–Trinajstić information content (AvgIpc) is 3.15. The molecule has 1 saturated heterocycles. The molecule has 30 heavy (non-hydrogen) atoms. The molecule has 0 saturated carbocycles. The minimum absolute atomic E-state index is 0.0695. The molecule has 0 aromatic heterocycles. The van der Waals surface area contributed by atoms with Crippen LogP contribution >= 0.6 is 0 Å². The molecule has 2 aromatic carbocycles. The van der Waals surface area contributed by atoms with Crippen LogP contribution < -0.4 is 9.64 Å². The minimum atomic E-state index is -0.587. The van der Waals surface area contributed by atoms with Crippen molar-refractivity contribution in [1.82, 2.24) is 4.90 Å². The Morgan fingerprint density at radius 2 is 1.80 bits per heavy atom. The van der Waals surface area contributed by atoms with E-state index in [1.165, 1.54) is 4.90 Å². The molecular weight excluding hydrogens is 384 g/mol. The second-order valence-corrected chi connectivity index (χ2v) is 7.18. The minimum Gasteiger partial charge on any atom is -0.494 e. The van der Waals surface area contributed by atoms with Crippen molar-refractivity contribution in [3.8, 4) is 5.75 Å². The number of anilines is 1. The van der Waals surface area contributed by atoms with Crippen LogP contribution in [0.25, 0.3) is 0 Å². The first kappa shape index (κ1) is 21.4. The predicted molar refractivity (Wildman–Crippen MR) is 112 cm³/mol. The number of benzene rings is 2. The molecule has 2 amide bonds. The maximum Gasteiger partial charge on any atom is 0.311 e. The second kappa shape index (κ2) is 9.91. The van der Waals surface area contributed by atoms with Crippen LogP contribution in [0.5, 0.6) is 5.75 Å². The summed E-state index contributed by atoms with van der Waals surface area (Å²) in [5.74, 6) is -0.829. The Hall–Kier alpha value is -3.35. The van der Waals surface area contributed by atoms with Gasteiger partial charge < -0.3 is 19.3 Å². The maximum atomic E-state index is 12.4. The first-order valence-electron chi connectivity index (χ1n) is 9.95. The summed E-state index contributed by atoms with van der Waals surface area (Å²) in [6.45, 7) is 2.80. The molecule has 1 heterocycles. The van der Waals surface area contributed by atoms with Gasteiger partial charge in [0.1, 0.15) is 5.75 Å². The zero-order chi connectivity index (χ0) is 21.5. The van der Waals surface area contributed by atoms with Crippen LogP contribution in [0, 0.1) is 5.92 Å². The fraction of sp³-hybridized carbons (Fsp3) is 0.348. The molecular formula is C23H26N2O5. The summed E-state index contributed by atoms with van der Waals surface area (Å²) in [7, 11) is 1.66. The van der Waals surface area contributed by atoms with E-state index in [0.717, 1.165) is 11.3 Å². The molecule has 1 unspecified atom stereocenters. The summed E-state index contributed by atoms with van der Waals surface area (Å²) in [5, 5.41) is 0. The number of amides is 2. The van der Waals surface area contributed by atoms with Crippen molar-refractivity contribution in [2.75, 3.05) is 31.7 Å². The highest BCUT2D eigenvalue weighted by Crippen LogP contribution is 2.27. The molecule has 0 aliphatic carbocycles. The van der Waals surface area contributed by atoms with Gasteiger partial charge in [-0.1, -0.05) is 30.3 Å². The highest BCUT2D eigenvalue weighted by molar-refractivity contribution is 5.99. The van der Waals surface area contributed by atoms with Gasteiger partial charge in [0.25, 0.3) is 5.91 Å². The zero-order valence-corrected chi connectivity index (χ0v) is 17.2. The van der Waals surface area contributed by atoms with Crippen molar-refractivity contribution in [1.29, 1.82) is 0 Å². The molecule has 1 aliphatic rings. The normalized spacial score (nSPS) is 15.7. The van der Waals surface area contributed by atoms with Gasteiger partial charge >= 0.3 is 5.97 Å².